The molecule has 0 amide bonds. The van der Waals surface area contributed by atoms with Gasteiger partial charge in [-0.3, -0.25) is 0 Å². The highest BCUT2D eigenvalue weighted by Gasteiger charge is 2.16. The Labute approximate surface area is 55.8 Å². The number of ether oxygens (including phenoxy) is 1. The summed E-state index contributed by atoms with van der Waals surface area (Å²) in [6, 6.07) is 0. The highest BCUT2D eigenvalue weighted by atomic mass is 16.5. The Morgan fingerprint density at radius 1 is 1.56 bits per heavy atom. The second-order valence-corrected chi connectivity index (χ2v) is 2.17. The third-order valence-electron chi connectivity index (χ3n) is 1.29. The maximum absolute atomic E-state index is 8.55. The lowest BCUT2D eigenvalue weighted by atomic mass is 9.72. The maximum atomic E-state index is 8.55. The molecule has 1 unspecified atom stereocenters. The largest absolute Gasteiger partial charge is 0.454 e. The molecule has 0 aromatic heterocycles. The number of hydrogen-bond donors (Lipinski definition) is 2. The van der Waals surface area contributed by atoms with Gasteiger partial charge >= 0.3 is 7.12 Å². The first-order valence-corrected chi connectivity index (χ1v) is 3.03. The first-order valence-electron chi connectivity index (χ1n) is 3.03. The van der Waals surface area contributed by atoms with E-state index in [2.05, 4.69) is 0 Å². The van der Waals surface area contributed by atoms with Gasteiger partial charge in [-0.25, -0.2) is 0 Å². The van der Waals surface area contributed by atoms with Crippen LogP contribution in [0.2, 0.25) is 5.82 Å². The fourth-order valence-electron chi connectivity index (χ4n) is 0.453. The summed E-state index contributed by atoms with van der Waals surface area (Å²) in [6.45, 7) is 2.35. The Bertz CT molecular complexity index is 67.2. The van der Waals surface area contributed by atoms with Gasteiger partial charge in [0.15, 0.2) is 0 Å². The molecule has 0 saturated heterocycles. The van der Waals surface area contributed by atoms with E-state index in [1.54, 1.807) is 14.0 Å². The van der Waals surface area contributed by atoms with Crippen molar-refractivity contribution in [2.24, 2.45) is 0 Å². The topological polar surface area (TPSA) is 49.7 Å². The molecule has 0 saturated carbocycles. The van der Waals surface area contributed by atoms with Crippen molar-refractivity contribution in [2.75, 3.05) is 13.7 Å². The van der Waals surface area contributed by atoms with Crippen LogP contribution in [0.15, 0.2) is 0 Å². The molecule has 0 radical (unpaired) electrons. The van der Waals surface area contributed by atoms with E-state index in [0.717, 1.165) is 0 Å². The lowest BCUT2D eigenvalue weighted by Gasteiger charge is -2.07. The van der Waals surface area contributed by atoms with Crippen molar-refractivity contribution in [1.82, 2.24) is 0 Å². The summed E-state index contributed by atoms with van der Waals surface area (Å²) in [7, 11) is 0.386. The van der Waals surface area contributed by atoms with Crippen molar-refractivity contribution in [3.63, 3.8) is 0 Å². The van der Waals surface area contributed by atoms with Gasteiger partial charge in [-0.05, 0) is 12.2 Å². The van der Waals surface area contributed by atoms with Crippen LogP contribution in [0.3, 0.4) is 0 Å². The second-order valence-electron chi connectivity index (χ2n) is 2.17. The molecule has 0 bridgehead atoms. The van der Waals surface area contributed by atoms with Crippen molar-refractivity contribution < 1.29 is 14.8 Å². The molecule has 0 rings (SSSR count). The molecule has 54 valence electrons. The third-order valence-corrected chi connectivity index (χ3v) is 1.29. The highest BCUT2D eigenvalue weighted by molar-refractivity contribution is 6.42. The monoisotopic (exact) mass is 132 g/mol. The predicted molar refractivity (Wildman–Crippen MR) is 36.1 cm³/mol. The van der Waals surface area contributed by atoms with E-state index in [-0.39, 0.29) is 5.82 Å². The van der Waals surface area contributed by atoms with Crippen molar-refractivity contribution in [3.05, 3.63) is 0 Å². The van der Waals surface area contributed by atoms with Crippen molar-refractivity contribution in [3.8, 4) is 0 Å². The Kier molecular flexibility index (Phi) is 4.76. The number of hydrogen-bond acceptors (Lipinski definition) is 3. The summed E-state index contributed by atoms with van der Waals surface area (Å²) in [5.74, 6) is -0.0926. The average Bonchev–Trinajstić information content (AvgIpc) is 1.82. The van der Waals surface area contributed by atoms with Crippen LogP contribution in [0.1, 0.15) is 13.3 Å². The van der Waals surface area contributed by atoms with Crippen LogP contribution in [0, 0.1) is 0 Å². The minimum Gasteiger partial charge on any atom is -0.427 e. The summed E-state index contributed by atoms with van der Waals surface area (Å²) >= 11 is 0. The summed E-state index contributed by atoms with van der Waals surface area (Å²) in [5, 5.41) is 17.1. The summed E-state index contributed by atoms with van der Waals surface area (Å²) < 4.78 is 4.74. The first-order chi connectivity index (χ1) is 4.18. The van der Waals surface area contributed by atoms with Crippen molar-refractivity contribution >= 4 is 7.12 Å². The van der Waals surface area contributed by atoms with E-state index in [1.807, 2.05) is 0 Å². The fraction of sp³-hybridized carbons (Fsp3) is 1.00. The van der Waals surface area contributed by atoms with Gasteiger partial charge in [0, 0.05) is 13.7 Å². The summed E-state index contributed by atoms with van der Waals surface area (Å²) in [5.41, 5.74) is 0. The minimum atomic E-state index is -1.21. The molecule has 0 spiro atoms. The molecular weight excluding hydrogens is 119 g/mol. The minimum absolute atomic E-state index is 0.0926. The zero-order valence-electron chi connectivity index (χ0n) is 5.87. The van der Waals surface area contributed by atoms with E-state index in [1.165, 1.54) is 0 Å². The zero-order valence-corrected chi connectivity index (χ0v) is 5.87. The normalized spacial score (nSPS) is 13.3. The molecule has 9 heavy (non-hydrogen) atoms. The molecule has 0 aromatic rings. The maximum Gasteiger partial charge on any atom is 0.454 e. The molecule has 0 aliphatic rings. The average molecular weight is 132 g/mol. The van der Waals surface area contributed by atoms with Gasteiger partial charge in [-0.15, -0.1) is 0 Å². The van der Waals surface area contributed by atoms with Gasteiger partial charge < -0.3 is 14.8 Å². The number of rotatable bonds is 4. The lowest BCUT2D eigenvalue weighted by molar-refractivity contribution is 0.190. The molecule has 0 aromatic carbocycles. The van der Waals surface area contributed by atoms with Crippen LogP contribution in [0.5, 0.6) is 0 Å². The van der Waals surface area contributed by atoms with Gasteiger partial charge in [0.1, 0.15) is 0 Å². The van der Waals surface area contributed by atoms with Gasteiger partial charge in [-0.2, -0.15) is 0 Å². The summed E-state index contributed by atoms with van der Waals surface area (Å²) in [4.78, 5) is 0. The molecule has 0 fully saturated rings. The van der Waals surface area contributed by atoms with Gasteiger partial charge in [0.05, 0.1) is 0 Å². The molecule has 4 heteroatoms. The summed E-state index contributed by atoms with van der Waals surface area (Å²) in [6.07, 6.45) is 0.689. The van der Waals surface area contributed by atoms with Crippen LogP contribution in [-0.4, -0.2) is 30.9 Å². The molecular formula is C5H13BO3. The van der Waals surface area contributed by atoms with Gasteiger partial charge in [0.25, 0.3) is 0 Å². The van der Waals surface area contributed by atoms with Gasteiger partial charge in [0.2, 0.25) is 0 Å². The number of methoxy groups -OCH3 is 1. The predicted octanol–water partition coefficient (Wildman–Crippen LogP) is -0.114. The second kappa shape index (κ2) is 4.79. The van der Waals surface area contributed by atoms with E-state index in [9.17, 15) is 0 Å². The van der Waals surface area contributed by atoms with Gasteiger partial charge in [-0.1, -0.05) is 6.92 Å². The Morgan fingerprint density at radius 3 is 2.44 bits per heavy atom. The quantitative estimate of drug-likeness (QED) is 0.524. The van der Waals surface area contributed by atoms with E-state index < -0.39 is 7.12 Å². The molecule has 0 heterocycles. The lowest BCUT2D eigenvalue weighted by Crippen LogP contribution is -2.18. The smallest absolute Gasteiger partial charge is 0.427 e. The van der Waals surface area contributed by atoms with Crippen LogP contribution in [-0.2, 0) is 4.74 Å². The molecule has 3 nitrogen and oxygen atoms in total. The standard InChI is InChI=1S/C5H13BO3/c1-5(6(7)8)3-4-9-2/h5,7-8H,3-4H2,1-2H3. The van der Waals surface area contributed by atoms with Crippen molar-refractivity contribution in [2.45, 2.75) is 19.2 Å². The first kappa shape index (κ1) is 8.94. The van der Waals surface area contributed by atoms with Crippen LogP contribution in [0.25, 0.3) is 0 Å². The van der Waals surface area contributed by atoms with Crippen molar-refractivity contribution in [1.29, 1.82) is 0 Å². The molecule has 2 N–H and O–H groups in total. The Morgan fingerprint density at radius 2 is 2.11 bits per heavy atom. The van der Waals surface area contributed by atoms with Crippen LogP contribution in [0.4, 0.5) is 0 Å². The highest BCUT2D eigenvalue weighted by Crippen LogP contribution is 2.09. The van der Waals surface area contributed by atoms with Crippen LogP contribution < -0.4 is 0 Å². The molecule has 0 aliphatic carbocycles. The fourth-order valence-corrected chi connectivity index (χ4v) is 0.453. The van der Waals surface area contributed by atoms with E-state index in [0.29, 0.717) is 13.0 Å². The SMILES string of the molecule is COCCC(C)B(O)O. The van der Waals surface area contributed by atoms with Crippen LogP contribution >= 0.6 is 0 Å². The third kappa shape index (κ3) is 4.45. The van der Waals surface area contributed by atoms with E-state index in [4.69, 9.17) is 14.8 Å². The zero-order chi connectivity index (χ0) is 7.28. The molecule has 1 atom stereocenters. The molecule has 0 aliphatic heterocycles. The Balaban J connectivity index is 3.16. The Hall–Kier alpha value is -0.0551. The van der Waals surface area contributed by atoms with E-state index >= 15 is 0 Å².